The molecule has 5 rings (SSSR count). The molecular formula is C25H28ClNO4. The first kappa shape index (κ1) is 20.7. The molecule has 164 valence electrons. The van der Waals surface area contributed by atoms with Gasteiger partial charge in [0.25, 0.3) is 0 Å². The van der Waals surface area contributed by atoms with Crippen LogP contribution in [0.15, 0.2) is 36.4 Å². The summed E-state index contributed by atoms with van der Waals surface area (Å²) in [4.78, 5) is 14.0. The van der Waals surface area contributed by atoms with Crippen molar-refractivity contribution in [2.24, 2.45) is 11.3 Å². The van der Waals surface area contributed by atoms with Gasteiger partial charge < -0.3 is 14.2 Å². The van der Waals surface area contributed by atoms with Gasteiger partial charge in [0.1, 0.15) is 24.8 Å². The number of hydrogen-bond acceptors (Lipinski definition) is 5. The van der Waals surface area contributed by atoms with Crippen molar-refractivity contribution in [3.05, 3.63) is 58.1 Å². The van der Waals surface area contributed by atoms with E-state index in [2.05, 4.69) is 17.0 Å². The summed E-state index contributed by atoms with van der Waals surface area (Å²) in [6, 6.07) is 12.1. The van der Waals surface area contributed by atoms with E-state index in [1.54, 1.807) is 0 Å². The molecular weight excluding hydrogens is 414 g/mol. The average Bonchev–Trinajstić information content (AvgIpc) is 3.50. The van der Waals surface area contributed by atoms with Crippen LogP contribution in [-0.4, -0.2) is 37.3 Å². The number of esters is 1. The topological polar surface area (TPSA) is 48.0 Å². The van der Waals surface area contributed by atoms with E-state index in [4.69, 9.17) is 25.8 Å². The third kappa shape index (κ3) is 4.53. The van der Waals surface area contributed by atoms with Crippen LogP contribution in [0.4, 0.5) is 0 Å². The van der Waals surface area contributed by atoms with Gasteiger partial charge in [0.2, 0.25) is 0 Å². The molecule has 0 aromatic heterocycles. The number of fused-ring (bicyclic) bond motifs is 1. The predicted octanol–water partition coefficient (Wildman–Crippen LogP) is 4.63. The quantitative estimate of drug-likeness (QED) is 0.559. The van der Waals surface area contributed by atoms with Crippen LogP contribution in [0.3, 0.4) is 0 Å². The average molecular weight is 442 g/mol. The molecule has 2 aromatic rings. The summed E-state index contributed by atoms with van der Waals surface area (Å²) in [6.45, 7) is 5.40. The van der Waals surface area contributed by atoms with Crippen molar-refractivity contribution in [1.82, 2.24) is 4.90 Å². The maximum absolute atomic E-state index is 11.7. The second kappa shape index (κ2) is 8.36. The summed E-state index contributed by atoms with van der Waals surface area (Å²) in [5, 5.41) is 0.656. The van der Waals surface area contributed by atoms with E-state index in [9.17, 15) is 4.79 Å². The zero-order valence-corrected chi connectivity index (χ0v) is 18.6. The number of likely N-dealkylation sites (tertiary alicyclic amines) is 1. The van der Waals surface area contributed by atoms with E-state index in [-0.39, 0.29) is 17.3 Å². The Kier molecular flexibility index (Phi) is 5.57. The smallest absolute Gasteiger partial charge is 0.310 e. The molecule has 6 heteroatoms. The number of hydrogen-bond donors (Lipinski definition) is 0. The van der Waals surface area contributed by atoms with Gasteiger partial charge >= 0.3 is 5.97 Å². The molecule has 0 N–H and O–H groups in total. The number of benzene rings is 2. The third-order valence-electron chi connectivity index (χ3n) is 6.46. The summed E-state index contributed by atoms with van der Waals surface area (Å²) in [5.74, 6) is 1.79. The molecule has 2 fully saturated rings. The molecule has 1 saturated carbocycles. The Morgan fingerprint density at radius 1 is 1.06 bits per heavy atom. The lowest BCUT2D eigenvalue weighted by Crippen LogP contribution is -2.57. The van der Waals surface area contributed by atoms with E-state index in [0.29, 0.717) is 25.0 Å². The van der Waals surface area contributed by atoms with Crippen LogP contribution in [0.5, 0.6) is 11.5 Å². The van der Waals surface area contributed by atoms with E-state index in [0.717, 1.165) is 55.8 Å². The van der Waals surface area contributed by atoms with Gasteiger partial charge in [0.15, 0.2) is 0 Å². The molecule has 0 unspecified atom stereocenters. The Balaban J connectivity index is 1.14. The monoisotopic (exact) mass is 441 g/mol. The van der Waals surface area contributed by atoms with Crippen LogP contribution >= 0.6 is 11.6 Å². The highest BCUT2D eigenvalue weighted by Crippen LogP contribution is 2.45. The normalized spacial score (nSPS) is 19.0. The zero-order valence-electron chi connectivity index (χ0n) is 17.9. The summed E-state index contributed by atoms with van der Waals surface area (Å²) >= 11 is 6.37. The number of rotatable bonds is 8. The van der Waals surface area contributed by atoms with Crippen molar-refractivity contribution >= 4 is 17.6 Å². The SMILES string of the molecule is CCOc1ccc(COc2ccc3c(c2)CC2(C3)CN(COC(=O)C3CC3)C2)c(Cl)c1. The molecule has 2 aliphatic carbocycles. The largest absolute Gasteiger partial charge is 0.494 e. The Hall–Kier alpha value is -2.24. The summed E-state index contributed by atoms with van der Waals surface area (Å²) < 4.78 is 16.9. The number of carbonyl (C=O) groups is 1. The molecule has 0 atom stereocenters. The van der Waals surface area contributed by atoms with Crippen LogP contribution in [0.2, 0.25) is 5.02 Å². The maximum atomic E-state index is 11.7. The van der Waals surface area contributed by atoms with Crippen molar-refractivity contribution in [2.75, 3.05) is 26.4 Å². The maximum Gasteiger partial charge on any atom is 0.310 e. The second-order valence-electron chi connectivity index (χ2n) is 9.11. The first-order valence-electron chi connectivity index (χ1n) is 11.1. The Labute approximate surface area is 188 Å². The fraction of sp³-hybridized carbons (Fsp3) is 0.480. The highest BCUT2D eigenvalue weighted by molar-refractivity contribution is 6.31. The fourth-order valence-corrected chi connectivity index (χ4v) is 5.00. The van der Waals surface area contributed by atoms with E-state index in [1.807, 2.05) is 31.2 Å². The highest BCUT2D eigenvalue weighted by Gasteiger charge is 2.47. The second-order valence-corrected chi connectivity index (χ2v) is 9.52. The standard InChI is InChI=1S/C25H28ClNO4/c1-2-29-22-8-6-19(23(26)10-22)13-30-21-7-5-18-11-25(12-20(18)9-21)14-27(15-25)16-31-24(28)17-3-4-17/h5-10,17H,2-4,11-16H2,1H3. The molecule has 1 spiro atoms. The van der Waals surface area contributed by atoms with Gasteiger partial charge in [-0.2, -0.15) is 0 Å². The van der Waals surface area contributed by atoms with Gasteiger partial charge in [-0.25, -0.2) is 0 Å². The molecule has 0 amide bonds. The summed E-state index contributed by atoms with van der Waals surface area (Å²) in [7, 11) is 0. The molecule has 3 aliphatic rings. The highest BCUT2D eigenvalue weighted by atomic mass is 35.5. The summed E-state index contributed by atoms with van der Waals surface area (Å²) in [5.41, 5.74) is 3.99. The Morgan fingerprint density at radius 2 is 1.81 bits per heavy atom. The minimum atomic E-state index is -0.0231. The van der Waals surface area contributed by atoms with Crippen LogP contribution in [0.1, 0.15) is 36.5 Å². The van der Waals surface area contributed by atoms with Crippen molar-refractivity contribution < 1.29 is 19.0 Å². The molecule has 0 bridgehead atoms. The van der Waals surface area contributed by atoms with E-state index >= 15 is 0 Å². The Bertz CT molecular complexity index is 981. The van der Waals surface area contributed by atoms with Gasteiger partial charge in [0.05, 0.1) is 17.5 Å². The van der Waals surface area contributed by atoms with Crippen LogP contribution in [0.25, 0.3) is 0 Å². The lowest BCUT2D eigenvalue weighted by Gasteiger charge is -2.47. The van der Waals surface area contributed by atoms with Crippen molar-refractivity contribution in [1.29, 1.82) is 0 Å². The van der Waals surface area contributed by atoms with E-state index in [1.165, 1.54) is 11.1 Å². The lowest BCUT2D eigenvalue weighted by atomic mass is 9.77. The van der Waals surface area contributed by atoms with Gasteiger partial charge in [-0.1, -0.05) is 23.7 Å². The van der Waals surface area contributed by atoms with Gasteiger partial charge in [-0.3, -0.25) is 9.69 Å². The molecule has 1 aliphatic heterocycles. The van der Waals surface area contributed by atoms with Gasteiger partial charge in [0, 0.05) is 24.1 Å². The third-order valence-corrected chi connectivity index (χ3v) is 6.81. The van der Waals surface area contributed by atoms with Gasteiger partial charge in [-0.15, -0.1) is 0 Å². The van der Waals surface area contributed by atoms with Gasteiger partial charge in [-0.05, 0) is 68.0 Å². The molecule has 1 heterocycles. The zero-order chi connectivity index (χ0) is 21.4. The van der Waals surface area contributed by atoms with Crippen LogP contribution in [-0.2, 0) is 29.0 Å². The summed E-state index contributed by atoms with van der Waals surface area (Å²) in [6.07, 6.45) is 4.12. The Morgan fingerprint density at radius 3 is 2.55 bits per heavy atom. The lowest BCUT2D eigenvalue weighted by molar-refractivity contribution is -0.156. The predicted molar refractivity (Wildman–Crippen MR) is 118 cm³/mol. The number of halogens is 1. The van der Waals surface area contributed by atoms with Crippen LogP contribution in [0, 0.1) is 11.3 Å². The minimum absolute atomic E-state index is 0.0231. The first-order valence-corrected chi connectivity index (χ1v) is 11.5. The minimum Gasteiger partial charge on any atom is -0.494 e. The number of carbonyl (C=O) groups excluding carboxylic acids is 1. The fourth-order valence-electron chi connectivity index (χ4n) is 4.77. The molecule has 1 saturated heterocycles. The van der Waals surface area contributed by atoms with E-state index < -0.39 is 0 Å². The van der Waals surface area contributed by atoms with Crippen LogP contribution < -0.4 is 9.47 Å². The molecule has 31 heavy (non-hydrogen) atoms. The molecule has 2 aromatic carbocycles. The first-order chi connectivity index (χ1) is 15.0. The molecule has 0 radical (unpaired) electrons. The van der Waals surface area contributed by atoms with Crippen molar-refractivity contribution in [3.63, 3.8) is 0 Å². The van der Waals surface area contributed by atoms with Crippen molar-refractivity contribution in [3.8, 4) is 11.5 Å². The number of ether oxygens (including phenoxy) is 3. The molecule has 5 nitrogen and oxygen atoms in total. The van der Waals surface area contributed by atoms with Crippen molar-refractivity contribution in [2.45, 2.75) is 39.2 Å². The number of nitrogens with zero attached hydrogens (tertiary/aromatic N) is 1.